The van der Waals surface area contributed by atoms with Crippen LogP contribution in [0.15, 0.2) is 59.7 Å². The Kier molecular flexibility index (Phi) is 5.66. The summed E-state index contributed by atoms with van der Waals surface area (Å²) >= 11 is 0. The lowest BCUT2D eigenvalue weighted by Crippen LogP contribution is -2.23. The van der Waals surface area contributed by atoms with E-state index in [1.165, 1.54) is 11.1 Å². The van der Waals surface area contributed by atoms with Crippen molar-refractivity contribution >= 4 is 11.6 Å². The number of nitrogens with zero attached hydrogens (tertiary/aromatic N) is 4. The molecule has 7 nitrogen and oxygen atoms in total. The van der Waals surface area contributed by atoms with Crippen molar-refractivity contribution in [1.82, 2.24) is 24.5 Å². The summed E-state index contributed by atoms with van der Waals surface area (Å²) in [6, 6.07) is 13.9. The molecule has 0 saturated carbocycles. The van der Waals surface area contributed by atoms with Gasteiger partial charge in [0.1, 0.15) is 5.82 Å². The first-order chi connectivity index (χ1) is 14.9. The van der Waals surface area contributed by atoms with Crippen LogP contribution >= 0.6 is 0 Å². The van der Waals surface area contributed by atoms with E-state index in [1.807, 2.05) is 63.2 Å². The van der Waals surface area contributed by atoms with Gasteiger partial charge in [-0.2, -0.15) is 0 Å². The van der Waals surface area contributed by atoms with Crippen molar-refractivity contribution in [2.75, 3.05) is 0 Å². The number of rotatable bonds is 6. The Balaban J connectivity index is 1.46. The van der Waals surface area contributed by atoms with Gasteiger partial charge >= 0.3 is 5.56 Å². The molecule has 1 amide bonds. The molecule has 0 aliphatic carbocycles. The van der Waals surface area contributed by atoms with Crippen LogP contribution in [-0.2, 0) is 17.8 Å². The molecule has 2 aromatic heterocycles. The molecule has 7 heteroatoms. The van der Waals surface area contributed by atoms with Gasteiger partial charge in [-0.05, 0) is 49.6 Å². The van der Waals surface area contributed by atoms with E-state index in [1.54, 1.807) is 21.4 Å². The third-order valence-corrected chi connectivity index (χ3v) is 5.50. The monoisotopic (exact) mass is 415 g/mol. The summed E-state index contributed by atoms with van der Waals surface area (Å²) in [5.74, 6) is 0.519. The zero-order chi connectivity index (χ0) is 22.0. The second kappa shape index (κ2) is 8.55. The molecule has 0 atom stereocenters. The van der Waals surface area contributed by atoms with Crippen molar-refractivity contribution < 1.29 is 4.79 Å². The molecule has 4 rings (SSSR count). The molecule has 0 radical (unpaired) electrons. The van der Waals surface area contributed by atoms with E-state index in [4.69, 9.17) is 0 Å². The number of aryl methyl sites for hydroxylation is 4. The van der Waals surface area contributed by atoms with E-state index in [0.29, 0.717) is 18.8 Å². The number of nitrogens with one attached hydrogen (secondary N) is 1. The third kappa shape index (κ3) is 4.40. The summed E-state index contributed by atoms with van der Waals surface area (Å²) in [7, 11) is 0. The molecule has 1 N–H and O–H groups in total. The fraction of sp³-hybridized carbons (Fsp3) is 0.250. The number of hydrogen-bond acceptors (Lipinski definition) is 4. The number of aromatic nitrogens is 4. The molecule has 0 unspecified atom stereocenters. The summed E-state index contributed by atoms with van der Waals surface area (Å²) in [6.45, 7) is 6.57. The molecule has 2 aromatic carbocycles. The summed E-state index contributed by atoms with van der Waals surface area (Å²) in [4.78, 5) is 25.2. The minimum atomic E-state index is -0.242. The zero-order valence-electron chi connectivity index (χ0n) is 17.9. The largest absolute Gasteiger partial charge is 0.352 e. The average molecular weight is 415 g/mol. The molecule has 0 spiro atoms. The van der Waals surface area contributed by atoms with Gasteiger partial charge in [-0.3, -0.25) is 18.6 Å². The van der Waals surface area contributed by atoms with Crippen LogP contribution in [0.5, 0.6) is 0 Å². The van der Waals surface area contributed by atoms with Crippen LogP contribution in [0.1, 0.15) is 34.5 Å². The van der Waals surface area contributed by atoms with Crippen molar-refractivity contribution in [3.8, 4) is 5.69 Å². The lowest BCUT2D eigenvalue weighted by molar-refractivity contribution is -0.121. The molecule has 0 fully saturated rings. The Morgan fingerprint density at radius 1 is 0.968 bits per heavy atom. The summed E-state index contributed by atoms with van der Waals surface area (Å²) < 4.78 is 3.22. The standard InChI is InChI=1S/C24H25N5O2/c1-16-4-7-19(8-5-16)15-25-22(30)11-10-21-26-27-23-24(31)28(12-13-29(21)23)20-9-6-17(2)18(3)14-20/h4-9,12-14H,10-11,15H2,1-3H3,(H,25,30). The molecule has 0 saturated heterocycles. The quantitative estimate of drug-likeness (QED) is 0.525. The average Bonchev–Trinajstić information content (AvgIpc) is 3.18. The molecule has 4 aromatic rings. The second-order valence-corrected chi connectivity index (χ2v) is 7.81. The Bertz CT molecular complexity index is 1300. The van der Waals surface area contributed by atoms with Gasteiger partial charge in [0.25, 0.3) is 0 Å². The van der Waals surface area contributed by atoms with Crippen LogP contribution < -0.4 is 10.9 Å². The van der Waals surface area contributed by atoms with Crippen LogP contribution in [0.2, 0.25) is 0 Å². The maximum absolute atomic E-state index is 12.9. The summed E-state index contributed by atoms with van der Waals surface area (Å²) in [6.07, 6.45) is 4.15. The molecule has 0 aliphatic heterocycles. The predicted octanol–water partition coefficient (Wildman–Crippen LogP) is 3.05. The third-order valence-electron chi connectivity index (χ3n) is 5.50. The molecule has 2 heterocycles. The van der Waals surface area contributed by atoms with Gasteiger partial charge in [0, 0.05) is 37.5 Å². The zero-order valence-corrected chi connectivity index (χ0v) is 17.9. The van der Waals surface area contributed by atoms with Crippen LogP contribution in [0.4, 0.5) is 0 Å². The van der Waals surface area contributed by atoms with Crippen LogP contribution in [-0.4, -0.2) is 25.1 Å². The number of fused-ring (bicyclic) bond motifs is 1. The fourth-order valence-corrected chi connectivity index (χ4v) is 3.40. The fourth-order valence-electron chi connectivity index (χ4n) is 3.40. The van der Waals surface area contributed by atoms with Crippen molar-refractivity contribution in [2.24, 2.45) is 0 Å². The lowest BCUT2D eigenvalue weighted by Gasteiger charge is -2.09. The molecule has 0 bridgehead atoms. The number of amides is 1. The van der Waals surface area contributed by atoms with E-state index in [0.717, 1.165) is 16.8 Å². The molecular formula is C24H25N5O2. The predicted molar refractivity (Wildman–Crippen MR) is 119 cm³/mol. The highest BCUT2D eigenvalue weighted by Gasteiger charge is 2.13. The normalized spacial score (nSPS) is 11.1. The molecule has 31 heavy (non-hydrogen) atoms. The van der Waals surface area contributed by atoms with E-state index in [-0.39, 0.29) is 23.5 Å². The van der Waals surface area contributed by atoms with Crippen LogP contribution in [0.25, 0.3) is 11.3 Å². The second-order valence-electron chi connectivity index (χ2n) is 7.81. The van der Waals surface area contributed by atoms with Gasteiger partial charge in [-0.25, -0.2) is 0 Å². The van der Waals surface area contributed by atoms with Gasteiger partial charge in [0.05, 0.1) is 0 Å². The van der Waals surface area contributed by atoms with E-state index in [9.17, 15) is 9.59 Å². The van der Waals surface area contributed by atoms with Gasteiger partial charge in [0.15, 0.2) is 0 Å². The maximum atomic E-state index is 12.9. The van der Waals surface area contributed by atoms with E-state index in [2.05, 4.69) is 15.5 Å². The lowest BCUT2D eigenvalue weighted by atomic mass is 10.1. The SMILES string of the molecule is Cc1ccc(CNC(=O)CCc2nnc3c(=O)n(-c4ccc(C)c(C)c4)ccn23)cc1. The van der Waals surface area contributed by atoms with Crippen molar-refractivity contribution in [2.45, 2.75) is 40.2 Å². The van der Waals surface area contributed by atoms with Gasteiger partial charge in [-0.1, -0.05) is 35.9 Å². The highest BCUT2D eigenvalue weighted by atomic mass is 16.1. The van der Waals surface area contributed by atoms with Gasteiger partial charge in [0.2, 0.25) is 11.6 Å². The Morgan fingerprint density at radius 3 is 2.48 bits per heavy atom. The first-order valence-electron chi connectivity index (χ1n) is 10.3. The van der Waals surface area contributed by atoms with Crippen molar-refractivity contribution in [3.05, 3.63) is 93.3 Å². The van der Waals surface area contributed by atoms with Gasteiger partial charge < -0.3 is 5.32 Å². The Morgan fingerprint density at radius 2 is 1.74 bits per heavy atom. The Labute approximate surface area is 180 Å². The molecular weight excluding hydrogens is 390 g/mol. The first-order valence-corrected chi connectivity index (χ1v) is 10.3. The number of benzene rings is 2. The van der Waals surface area contributed by atoms with Crippen molar-refractivity contribution in [3.63, 3.8) is 0 Å². The summed E-state index contributed by atoms with van der Waals surface area (Å²) in [5.41, 5.74) is 5.32. The topological polar surface area (TPSA) is 81.3 Å². The number of carbonyl (C=O) groups is 1. The summed E-state index contributed by atoms with van der Waals surface area (Å²) in [5, 5.41) is 11.1. The molecule has 158 valence electrons. The van der Waals surface area contributed by atoms with Gasteiger partial charge in [-0.15, -0.1) is 10.2 Å². The maximum Gasteiger partial charge on any atom is 0.300 e. The number of carbonyl (C=O) groups excluding carboxylic acids is 1. The van der Waals surface area contributed by atoms with Crippen molar-refractivity contribution in [1.29, 1.82) is 0 Å². The highest BCUT2D eigenvalue weighted by Crippen LogP contribution is 2.13. The van der Waals surface area contributed by atoms with E-state index < -0.39 is 0 Å². The first kappa shape index (κ1) is 20.5. The number of hydrogen-bond donors (Lipinski definition) is 1. The molecule has 0 aliphatic rings. The minimum absolute atomic E-state index is 0.0687. The highest BCUT2D eigenvalue weighted by molar-refractivity contribution is 5.76. The van der Waals surface area contributed by atoms with Crippen LogP contribution in [0, 0.1) is 20.8 Å². The van der Waals surface area contributed by atoms with Crippen LogP contribution in [0.3, 0.4) is 0 Å². The minimum Gasteiger partial charge on any atom is -0.352 e. The Hall–Kier alpha value is -3.74. The van der Waals surface area contributed by atoms with E-state index >= 15 is 0 Å². The smallest absolute Gasteiger partial charge is 0.300 e.